The second-order valence-electron chi connectivity index (χ2n) is 6.02. The average molecular weight is 245 g/mol. The molecule has 2 heteroatoms. The third kappa shape index (κ3) is 2.32. The summed E-state index contributed by atoms with van der Waals surface area (Å²) < 4.78 is 0. The summed E-state index contributed by atoms with van der Waals surface area (Å²) in [5.41, 5.74) is 1.35. The highest BCUT2D eigenvalue weighted by atomic mass is 16.7. The van der Waals surface area contributed by atoms with Crippen LogP contribution in [0.15, 0.2) is 30.3 Å². The van der Waals surface area contributed by atoms with E-state index in [2.05, 4.69) is 49.2 Å². The number of hydrogen-bond donors (Lipinski definition) is 0. The van der Waals surface area contributed by atoms with Crippen molar-refractivity contribution >= 4 is 0 Å². The highest BCUT2D eigenvalue weighted by Crippen LogP contribution is 2.40. The lowest BCUT2D eigenvalue weighted by Gasteiger charge is -2.33. The van der Waals surface area contributed by atoms with Crippen LogP contribution in [-0.4, -0.2) is 17.2 Å². The first kappa shape index (κ1) is 12.2. The summed E-state index contributed by atoms with van der Waals surface area (Å²) in [6.07, 6.45) is 4.39. The van der Waals surface area contributed by atoms with Gasteiger partial charge in [-0.2, -0.15) is 5.06 Å². The molecule has 1 aromatic carbocycles. The second-order valence-corrected chi connectivity index (χ2v) is 6.02. The van der Waals surface area contributed by atoms with Crippen LogP contribution in [0, 0.1) is 11.8 Å². The lowest BCUT2D eigenvalue weighted by atomic mass is 9.77. The molecule has 0 N–H and O–H groups in total. The minimum Gasteiger partial charge on any atom is -0.295 e. The van der Waals surface area contributed by atoms with E-state index in [0.717, 1.165) is 18.4 Å². The zero-order chi connectivity index (χ0) is 12.5. The first-order chi connectivity index (χ1) is 8.74. The Morgan fingerprint density at radius 2 is 1.94 bits per heavy atom. The molecule has 0 unspecified atom stereocenters. The Bertz CT molecular complexity index is 391. The van der Waals surface area contributed by atoms with Crippen LogP contribution in [0.4, 0.5) is 0 Å². The molecule has 3 rings (SSSR count). The van der Waals surface area contributed by atoms with Crippen molar-refractivity contribution in [1.82, 2.24) is 5.06 Å². The summed E-state index contributed by atoms with van der Waals surface area (Å²) in [5.74, 6) is 1.59. The Morgan fingerprint density at radius 1 is 1.17 bits per heavy atom. The molecule has 0 aromatic heterocycles. The van der Waals surface area contributed by atoms with Crippen LogP contribution in [0.2, 0.25) is 0 Å². The number of fused-ring (bicyclic) bond motifs is 1. The molecule has 1 aliphatic carbocycles. The molecule has 1 aliphatic heterocycles. The van der Waals surface area contributed by atoms with E-state index in [9.17, 15) is 0 Å². The Labute approximate surface area is 110 Å². The normalized spacial score (nSPS) is 36.6. The fourth-order valence-electron chi connectivity index (χ4n) is 3.54. The number of benzene rings is 1. The van der Waals surface area contributed by atoms with Crippen LogP contribution >= 0.6 is 0 Å². The van der Waals surface area contributed by atoms with Gasteiger partial charge in [-0.25, -0.2) is 0 Å². The van der Waals surface area contributed by atoms with Gasteiger partial charge in [-0.15, -0.1) is 0 Å². The van der Waals surface area contributed by atoms with E-state index in [1.807, 2.05) is 0 Å². The van der Waals surface area contributed by atoms with Crippen LogP contribution in [0.1, 0.15) is 38.7 Å². The van der Waals surface area contributed by atoms with E-state index in [4.69, 9.17) is 4.84 Å². The third-order valence-electron chi connectivity index (χ3n) is 4.59. The summed E-state index contributed by atoms with van der Waals surface area (Å²) in [7, 11) is 0. The minimum atomic E-state index is 0.395. The first-order valence-corrected chi connectivity index (χ1v) is 7.21. The topological polar surface area (TPSA) is 12.5 Å². The third-order valence-corrected chi connectivity index (χ3v) is 4.59. The molecule has 2 nitrogen and oxygen atoms in total. The summed E-state index contributed by atoms with van der Waals surface area (Å²) in [6.45, 7) is 5.54. The fourth-order valence-corrected chi connectivity index (χ4v) is 3.54. The summed E-state index contributed by atoms with van der Waals surface area (Å²) in [4.78, 5) is 6.09. The zero-order valence-electron chi connectivity index (χ0n) is 11.4. The molecule has 0 amide bonds. The van der Waals surface area contributed by atoms with Gasteiger partial charge in [0.15, 0.2) is 0 Å². The van der Waals surface area contributed by atoms with Crippen molar-refractivity contribution in [2.45, 2.75) is 51.8 Å². The fraction of sp³-hybridized carbons (Fsp3) is 0.625. The average Bonchev–Trinajstić information content (AvgIpc) is 2.67. The number of nitrogens with zero attached hydrogens (tertiary/aromatic N) is 1. The van der Waals surface area contributed by atoms with Gasteiger partial charge in [-0.1, -0.05) is 43.7 Å². The molecule has 0 radical (unpaired) electrons. The highest BCUT2D eigenvalue weighted by Gasteiger charge is 2.43. The lowest BCUT2D eigenvalue weighted by Crippen LogP contribution is -2.36. The van der Waals surface area contributed by atoms with Crippen molar-refractivity contribution < 1.29 is 4.84 Å². The second kappa shape index (κ2) is 5.02. The smallest absolute Gasteiger partial charge is 0.0809 e. The monoisotopic (exact) mass is 245 g/mol. The maximum atomic E-state index is 6.09. The predicted octanol–water partition coefficient (Wildman–Crippen LogP) is 3.63. The van der Waals surface area contributed by atoms with E-state index in [-0.39, 0.29) is 0 Å². The Balaban J connectivity index is 1.72. The van der Waals surface area contributed by atoms with Crippen molar-refractivity contribution in [1.29, 1.82) is 0 Å². The molecule has 1 saturated carbocycles. The van der Waals surface area contributed by atoms with Crippen molar-refractivity contribution in [3.05, 3.63) is 35.9 Å². The van der Waals surface area contributed by atoms with Crippen LogP contribution in [0.25, 0.3) is 0 Å². The summed E-state index contributed by atoms with van der Waals surface area (Å²) in [6, 6.07) is 11.3. The summed E-state index contributed by atoms with van der Waals surface area (Å²) >= 11 is 0. The molecule has 0 spiro atoms. The van der Waals surface area contributed by atoms with Gasteiger partial charge >= 0.3 is 0 Å². The van der Waals surface area contributed by atoms with Gasteiger partial charge in [0.2, 0.25) is 0 Å². The molecule has 1 aromatic rings. The van der Waals surface area contributed by atoms with Crippen molar-refractivity contribution in [2.24, 2.45) is 11.8 Å². The van der Waals surface area contributed by atoms with Gasteiger partial charge in [-0.05, 0) is 31.2 Å². The van der Waals surface area contributed by atoms with Gasteiger partial charge in [0, 0.05) is 18.5 Å². The van der Waals surface area contributed by atoms with Crippen LogP contribution < -0.4 is 0 Å². The van der Waals surface area contributed by atoms with E-state index >= 15 is 0 Å². The Morgan fingerprint density at radius 3 is 2.72 bits per heavy atom. The lowest BCUT2D eigenvalue weighted by molar-refractivity contribution is -0.167. The standard InChI is InChI=1S/C16H23NO/c1-12-8-9-15-13(2)18-17(16(15)10-12)11-14-6-4-3-5-7-14/h3-7,12-13,15-16H,8-11H2,1-2H3/t12-,13+,15+,16-/m0/s1. The van der Waals surface area contributed by atoms with Crippen LogP contribution in [0.5, 0.6) is 0 Å². The molecule has 2 fully saturated rings. The van der Waals surface area contributed by atoms with E-state index in [0.29, 0.717) is 12.1 Å². The quantitative estimate of drug-likeness (QED) is 0.789. The number of rotatable bonds is 2. The van der Waals surface area contributed by atoms with Crippen molar-refractivity contribution in [3.63, 3.8) is 0 Å². The number of hydrogen-bond acceptors (Lipinski definition) is 2. The molecule has 98 valence electrons. The molecule has 0 bridgehead atoms. The number of hydroxylamine groups is 2. The van der Waals surface area contributed by atoms with Crippen LogP contribution in [-0.2, 0) is 11.4 Å². The molecular formula is C16H23NO. The SMILES string of the molecule is C[C@H]1CC[C@@H]2[C@@H](C)ON(Cc3ccccc3)[C@H]2C1. The maximum absolute atomic E-state index is 6.09. The molecular weight excluding hydrogens is 222 g/mol. The van der Waals surface area contributed by atoms with Gasteiger partial charge < -0.3 is 0 Å². The van der Waals surface area contributed by atoms with Gasteiger partial charge in [0.25, 0.3) is 0 Å². The van der Waals surface area contributed by atoms with Gasteiger partial charge in [0.1, 0.15) is 0 Å². The molecule has 18 heavy (non-hydrogen) atoms. The predicted molar refractivity (Wildman–Crippen MR) is 72.8 cm³/mol. The molecule has 2 aliphatic rings. The summed E-state index contributed by atoms with van der Waals surface area (Å²) in [5, 5.41) is 2.25. The Kier molecular flexibility index (Phi) is 3.40. The minimum absolute atomic E-state index is 0.395. The Hall–Kier alpha value is -0.860. The highest BCUT2D eigenvalue weighted by molar-refractivity contribution is 5.14. The van der Waals surface area contributed by atoms with Crippen molar-refractivity contribution in [3.8, 4) is 0 Å². The molecule has 1 heterocycles. The molecule has 4 atom stereocenters. The maximum Gasteiger partial charge on any atom is 0.0809 e. The van der Waals surface area contributed by atoms with Gasteiger partial charge in [0.05, 0.1) is 6.10 Å². The largest absolute Gasteiger partial charge is 0.295 e. The van der Waals surface area contributed by atoms with Crippen LogP contribution in [0.3, 0.4) is 0 Å². The van der Waals surface area contributed by atoms with E-state index < -0.39 is 0 Å². The zero-order valence-corrected chi connectivity index (χ0v) is 11.4. The van der Waals surface area contributed by atoms with Crippen molar-refractivity contribution in [2.75, 3.05) is 0 Å². The van der Waals surface area contributed by atoms with Gasteiger partial charge in [-0.3, -0.25) is 4.84 Å². The van der Waals surface area contributed by atoms with E-state index in [1.165, 1.54) is 24.8 Å². The van der Waals surface area contributed by atoms with E-state index in [1.54, 1.807) is 0 Å². The first-order valence-electron chi connectivity index (χ1n) is 7.21. The molecule has 1 saturated heterocycles.